The molecule has 0 bridgehead atoms. The lowest BCUT2D eigenvalue weighted by Crippen LogP contribution is -2.24. The lowest BCUT2D eigenvalue weighted by Gasteiger charge is -2.24. The second-order valence-corrected chi connectivity index (χ2v) is 5.20. The van der Waals surface area contributed by atoms with E-state index in [2.05, 4.69) is 27.1 Å². The summed E-state index contributed by atoms with van der Waals surface area (Å²) in [4.78, 5) is 6.80. The van der Waals surface area contributed by atoms with Crippen molar-refractivity contribution in [3.63, 3.8) is 0 Å². The molecule has 3 rings (SSSR count). The van der Waals surface area contributed by atoms with Crippen molar-refractivity contribution >= 4 is 0 Å². The molecule has 5 heteroatoms. The van der Waals surface area contributed by atoms with Crippen molar-refractivity contribution in [1.82, 2.24) is 19.7 Å². The van der Waals surface area contributed by atoms with Crippen LogP contribution in [-0.4, -0.2) is 33.3 Å². The summed E-state index contributed by atoms with van der Waals surface area (Å²) in [6.07, 6.45) is 4.05. The van der Waals surface area contributed by atoms with Gasteiger partial charge in [-0.05, 0) is 37.1 Å². The van der Waals surface area contributed by atoms with Gasteiger partial charge >= 0.3 is 0 Å². The van der Waals surface area contributed by atoms with E-state index in [1.165, 1.54) is 18.4 Å². The van der Waals surface area contributed by atoms with Crippen molar-refractivity contribution in [2.75, 3.05) is 13.7 Å². The van der Waals surface area contributed by atoms with Gasteiger partial charge in [-0.15, -0.1) is 0 Å². The van der Waals surface area contributed by atoms with Crippen LogP contribution in [0.5, 0.6) is 5.75 Å². The minimum atomic E-state index is 0.470. The Bertz CT molecular complexity index is 564. The number of methoxy groups -OCH3 is 1. The van der Waals surface area contributed by atoms with Crippen molar-refractivity contribution in [2.45, 2.75) is 25.4 Å². The summed E-state index contributed by atoms with van der Waals surface area (Å²) in [6, 6.07) is 8.87. The molecular formula is C15H20N4O. The lowest BCUT2D eigenvalue weighted by atomic mass is 10.0. The molecule has 1 fully saturated rings. The number of hydrogen-bond acceptors (Lipinski definition) is 4. The van der Waals surface area contributed by atoms with Crippen LogP contribution in [0.2, 0.25) is 0 Å². The van der Waals surface area contributed by atoms with Crippen molar-refractivity contribution in [3.8, 4) is 5.75 Å². The summed E-state index contributed by atoms with van der Waals surface area (Å²) in [6.45, 7) is 1.97. The van der Waals surface area contributed by atoms with Crippen LogP contribution < -0.4 is 4.74 Å². The number of benzene rings is 1. The van der Waals surface area contributed by atoms with Gasteiger partial charge in [0, 0.05) is 13.1 Å². The molecule has 2 heterocycles. The van der Waals surface area contributed by atoms with E-state index >= 15 is 0 Å². The Balaban J connectivity index is 1.76. The average Bonchev–Trinajstić information content (AvgIpc) is 3.09. The van der Waals surface area contributed by atoms with Gasteiger partial charge in [-0.1, -0.05) is 12.1 Å². The predicted octanol–water partition coefficient (Wildman–Crippen LogP) is 2.16. The predicted molar refractivity (Wildman–Crippen MR) is 76.4 cm³/mol. The Kier molecular flexibility index (Phi) is 3.69. The maximum atomic E-state index is 5.22. The summed E-state index contributed by atoms with van der Waals surface area (Å²) in [5.41, 5.74) is 1.35. The molecule has 1 aliphatic heterocycles. The first-order valence-corrected chi connectivity index (χ1v) is 6.99. The Morgan fingerprint density at radius 2 is 2.10 bits per heavy atom. The third kappa shape index (κ3) is 2.54. The highest BCUT2D eigenvalue weighted by Crippen LogP contribution is 2.33. The Morgan fingerprint density at radius 1 is 1.30 bits per heavy atom. The van der Waals surface area contributed by atoms with Crippen molar-refractivity contribution in [2.24, 2.45) is 7.05 Å². The molecule has 0 spiro atoms. The minimum absolute atomic E-state index is 0.470. The molecule has 1 aromatic heterocycles. The van der Waals surface area contributed by atoms with Crippen LogP contribution in [0.25, 0.3) is 0 Å². The van der Waals surface area contributed by atoms with Gasteiger partial charge in [-0.2, -0.15) is 5.10 Å². The maximum absolute atomic E-state index is 5.22. The third-order valence-corrected chi connectivity index (χ3v) is 4.01. The van der Waals surface area contributed by atoms with Crippen LogP contribution in [0.4, 0.5) is 0 Å². The molecule has 1 aromatic carbocycles. The summed E-state index contributed by atoms with van der Waals surface area (Å²) in [7, 11) is 3.64. The van der Waals surface area contributed by atoms with Crippen LogP contribution in [0, 0.1) is 0 Å². The number of aromatic nitrogens is 3. The number of likely N-dealkylation sites (tertiary alicyclic amines) is 1. The molecule has 1 saturated heterocycles. The van der Waals surface area contributed by atoms with Gasteiger partial charge in [0.15, 0.2) is 0 Å². The number of ether oxygens (including phenoxy) is 1. The molecule has 106 valence electrons. The van der Waals surface area contributed by atoms with Crippen molar-refractivity contribution in [3.05, 3.63) is 42.0 Å². The standard InChI is InChI=1S/C15H20N4O/c1-18-15(16-11-17-18)10-19-9-3-4-14(19)12-5-7-13(20-2)8-6-12/h5-8,11,14H,3-4,9-10H2,1-2H3/t14-/m0/s1. The number of aryl methyl sites for hydroxylation is 1. The summed E-state index contributed by atoms with van der Waals surface area (Å²) >= 11 is 0. The zero-order valence-corrected chi connectivity index (χ0v) is 12.0. The lowest BCUT2D eigenvalue weighted by molar-refractivity contribution is 0.238. The fourth-order valence-corrected chi connectivity index (χ4v) is 2.86. The highest BCUT2D eigenvalue weighted by atomic mass is 16.5. The molecule has 0 aliphatic carbocycles. The smallest absolute Gasteiger partial charge is 0.140 e. The van der Waals surface area contributed by atoms with E-state index in [1.807, 2.05) is 23.9 Å². The van der Waals surface area contributed by atoms with Crippen LogP contribution in [0.1, 0.15) is 30.3 Å². The van der Waals surface area contributed by atoms with Gasteiger partial charge in [0.2, 0.25) is 0 Å². The van der Waals surface area contributed by atoms with Crippen LogP contribution in [0.3, 0.4) is 0 Å². The zero-order chi connectivity index (χ0) is 13.9. The van der Waals surface area contributed by atoms with E-state index in [4.69, 9.17) is 4.74 Å². The normalized spacial score (nSPS) is 19.4. The van der Waals surface area contributed by atoms with E-state index in [1.54, 1.807) is 13.4 Å². The molecular weight excluding hydrogens is 252 g/mol. The van der Waals surface area contributed by atoms with E-state index in [0.29, 0.717) is 6.04 Å². The molecule has 1 aliphatic rings. The fraction of sp³-hybridized carbons (Fsp3) is 0.467. The molecule has 2 aromatic rings. The highest BCUT2D eigenvalue weighted by molar-refractivity contribution is 5.29. The van der Waals surface area contributed by atoms with E-state index in [9.17, 15) is 0 Å². The maximum Gasteiger partial charge on any atom is 0.140 e. The second-order valence-electron chi connectivity index (χ2n) is 5.20. The number of nitrogens with zero attached hydrogens (tertiary/aromatic N) is 4. The van der Waals surface area contributed by atoms with Gasteiger partial charge in [0.25, 0.3) is 0 Å². The second kappa shape index (κ2) is 5.63. The molecule has 0 saturated carbocycles. The Hall–Kier alpha value is -1.88. The van der Waals surface area contributed by atoms with E-state index in [0.717, 1.165) is 24.7 Å². The zero-order valence-electron chi connectivity index (χ0n) is 12.0. The van der Waals surface area contributed by atoms with Crippen LogP contribution in [0.15, 0.2) is 30.6 Å². The average molecular weight is 272 g/mol. The summed E-state index contributed by atoms with van der Waals surface area (Å²) < 4.78 is 7.08. The first-order valence-electron chi connectivity index (χ1n) is 6.99. The molecule has 0 amide bonds. The van der Waals surface area contributed by atoms with Gasteiger partial charge in [0.05, 0.1) is 13.7 Å². The van der Waals surface area contributed by atoms with E-state index < -0.39 is 0 Å². The third-order valence-electron chi connectivity index (χ3n) is 4.01. The van der Waals surface area contributed by atoms with Gasteiger partial charge < -0.3 is 4.74 Å². The summed E-state index contributed by atoms with van der Waals surface area (Å²) in [5.74, 6) is 1.93. The molecule has 1 atom stereocenters. The SMILES string of the molecule is COc1ccc([C@@H]2CCCN2Cc2ncnn2C)cc1. The molecule has 5 nitrogen and oxygen atoms in total. The Labute approximate surface area is 119 Å². The topological polar surface area (TPSA) is 43.2 Å². The van der Waals surface area contributed by atoms with Crippen LogP contribution >= 0.6 is 0 Å². The van der Waals surface area contributed by atoms with Crippen molar-refractivity contribution in [1.29, 1.82) is 0 Å². The first-order chi connectivity index (χ1) is 9.78. The quantitative estimate of drug-likeness (QED) is 0.855. The molecule has 0 unspecified atom stereocenters. The monoisotopic (exact) mass is 272 g/mol. The molecule has 20 heavy (non-hydrogen) atoms. The van der Waals surface area contributed by atoms with Gasteiger partial charge in [-0.3, -0.25) is 9.58 Å². The minimum Gasteiger partial charge on any atom is -0.497 e. The number of rotatable bonds is 4. The van der Waals surface area contributed by atoms with Gasteiger partial charge in [-0.25, -0.2) is 4.98 Å². The first kappa shape index (κ1) is 13.1. The van der Waals surface area contributed by atoms with E-state index in [-0.39, 0.29) is 0 Å². The molecule has 0 radical (unpaired) electrons. The summed E-state index contributed by atoms with van der Waals surface area (Å²) in [5, 5.41) is 4.14. The number of hydrogen-bond donors (Lipinski definition) is 0. The van der Waals surface area contributed by atoms with Crippen molar-refractivity contribution < 1.29 is 4.74 Å². The largest absolute Gasteiger partial charge is 0.497 e. The highest BCUT2D eigenvalue weighted by Gasteiger charge is 2.26. The fourth-order valence-electron chi connectivity index (χ4n) is 2.86. The Morgan fingerprint density at radius 3 is 2.75 bits per heavy atom. The molecule has 0 N–H and O–H groups in total. The van der Waals surface area contributed by atoms with Crippen LogP contribution in [-0.2, 0) is 13.6 Å². The van der Waals surface area contributed by atoms with Gasteiger partial charge in [0.1, 0.15) is 17.9 Å².